The van der Waals surface area contributed by atoms with E-state index in [0.717, 1.165) is 73.0 Å². The Labute approximate surface area is 313 Å². The van der Waals surface area contributed by atoms with Gasteiger partial charge in [-0.15, -0.1) is 0 Å². The van der Waals surface area contributed by atoms with Crippen molar-refractivity contribution in [3.8, 4) is 90.5 Å². The zero-order valence-electron chi connectivity index (χ0n) is 29.2. The molecule has 0 aliphatic heterocycles. The molecule has 0 fully saturated rings. The Balaban J connectivity index is 1.04. The molecule has 254 valence electrons. The van der Waals surface area contributed by atoms with Gasteiger partial charge in [-0.05, 0) is 64.7 Å². The maximum atomic E-state index is 5.13. The van der Waals surface area contributed by atoms with Crippen molar-refractivity contribution in [1.82, 2.24) is 29.9 Å². The first-order chi connectivity index (χ1) is 26.7. The highest BCUT2D eigenvalue weighted by atomic mass is 15.0. The summed E-state index contributed by atoms with van der Waals surface area (Å²) in [7, 11) is 0. The van der Waals surface area contributed by atoms with Gasteiger partial charge in [0.15, 0.2) is 17.5 Å². The van der Waals surface area contributed by atoms with Crippen LogP contribution < -0.4 is 0 Å². The van der Waals surface area contributed by atoms with Crippen LogP contribution in [0.15, 0.2) is 194 Å². The first kappa shape index (κ1) is 32.5. The lowest BCUT2D eigenvalue weighted by Gasteiger charge is -2.11. The minimum atomic E-state index is 0.625. The molecule has 0 spiro atoms. The number of pyridine rings is 3. The topological polar surface area (TPSA) is 77.3 Å². The van der Waals surface area contributed by atoms with Crippen LogP contribution in [0.4, 0.5) is 0 Å². The fourth-order valence-corrected chi connectivity index (χ4v) is 6.45. The molecule has 54 heavy (non-hydrogen) atoms. The predicted octanol–water partition coefficient (Wildman–Crippen LogP) is 11.4. The largest absolute Gasteiger partial charge is 0.255 e. The summed E-state index contributed by atoms with van der Waals surface area (Å²) in [6.45, 7) is 0. The lowest BCUT2D eigenvalue weighted by Crippen LogP contribution is -2.00. The van der Waals surface area contributed by atoms with Gasteiger partial charge in [0.25, 0.3) is 0 Å². The molecule has 0 aliphatic rings. The molecule has 0 saturated heterocycles. The summed E-state index contributed by atoms with van der Waals surface area (Å²) >= 11 is 0. The van der Waals surface area contributed by atoms with Gasteiger partial charge in [-0.1, -0.05) is 146 Å². The lowest BCUT2D eigenvalue weighted by molar-refractivity contribution is 1.07. The molecular formula is C48H32N6. The van der Waals surface area contributed by atoms with E-state index in [4.69, 9.17) is 24.9 Å². The van der Waals surface area contributed by atoms with Crippen molar-refractivity contribution in [2.75, 3.05) is 0 Å². The number of hydrogen-bond acceptors (Lipinski definition) is 6. The van der Waals surface area contributed by atoms with Crippen LogP contribution in [-0.2, 0) is 0 Å². The average Bonchev–Trinajstić information content (AvgIpc) is 3.27. The molecule has 9 rings (SSSR count). The Morgan fingerprint density at radius 2 is 0.648 bits per heavy atom. The van der Waals surface area contributed by atoms with Crippen LogP contribution >= 0.6 is 0 Å². The van der Waals surface area contributed by atoms with Crippen molar-refractivity contribution in [1.29, 1.82) is 0 Å². The minimum absolute atomic E-state index is 0.625. The summed E-state index contributed by atoms with van der Waals surface area (Å²) in [6, 6.07) is 63.4. The number of rotatable bonds is 8. The van der Waals surface area contributed by atoms with Gasteiger partial charge >= 0.3 is 0 Å². The zero-order valence-corrected chi connectivity index (χ0v) is 29.2. The van der Waals surface area contributed by atoms with E-state index in [2.05, 4.69) is 77.8 Å². The monoisotopic (exact) mass is 692 g/mol. The van der Waals surface area contributed by atoms with Crippen LogP contribution in [-0.4, -0.2) is 29.9 Å². The third kappa shape index (κ3) is 6.92. The van der Waals surface area contributed by atoms with Crippen molar-refractivity contribution in [3.63, 3.8) is 0 Å². The molecule has 0 aliphatic carbocycles. The van der Waals surface area contributed by atoms with Crippen molar-refractivity contribution in [2.24, 2.45) is 0 Å². The van der Waals surface area contributed by atoms with Gasteiger partial charge in [-0.25, -0.2) is 24.9 Å². The van der Waals surface area contributed by atoms with Gasteiger partial charge in [0.2, 0.25) is 0 Å². The molecule has 0 radical (unpaired) electrons. The second kappa shape index (κ2) is 14.7. The minimum Gasteiger partial charge on any atom is -0.255 e. The zero-order chi connectivity index (χ0) is 36.1. The first-order valence-electron chi connectivity index (χ1n) is 17.8. The molecule has 6 nitrogen and oxygen atoms in total. The Morgan fingerprint density at radius 3 is 1.26 bits per heavy atom. The highest BCUT2D eigenvalue weighted by Gasteiger charge is 2.14. The smallest absolute Gasteiger partial charge is 0.164 e. The Morgan fingerprint density at radius 1 is 0.222 bits per heavy atom. The summed E-state index contributed by atoms with van der Waals surface area (Å²) in [5, 5.41) is 0. The highest BCUT2D eigenvalue weighted by molar-refractivity contribution is 5.77. The molecule has 0 bridgehead atoms. The molecule has 4 aromatic heterocycles. The van der Waals surface area contributed by atoms with Gasteiger partial charge in [0.05, 0.1) is 28.5 Å². The van der Waals surface area contributed by atoms with Gasteiger partial charge in [-0.3, -0.25) is 4.98 Å². The Kier molecular flexibility index (Phi) is 8.81. The molecule has 0 saturated carbocycles. The average molecular weight is 693 g/mol. The van der Waals surface area contributed by atoms with Crippen molar-refractivity contribution in [3.05, 3.63) is 194 Å². The first-order valence-corrected chi connectivity index (χ1v) is 17.8. The van der Waals surface area contributed by atoms with Crippen LogP contribution in [0.25, 0.3) is 90.5 Å². The van der Waals surface area contributed by atoms with E-state index in [9.17, 15) is 0 Å². The third-order valence-electron chi connectivity index (χ3n) is 9.21. The standard InChI is InChI=1S/C48H32N6/c1-4-14-33(15-5-1)40-31-44(42-22-10-11-29-49-42)51-45(32-40)43-24-13-23-41(50-43)39-21-12-20-38(30-39)34-25-27-37(28-26-34)48-53-46(35-16-6-2-7-17-35)52-47(54-48)36-18-8-3-9-19-36/h1-32H. The molecule has 0 unspecified atom stereocenters. The van der Waals surface area contributed by atoms with E-state index in [1.807, 2.05) is 115 Å². The molecular weight excluding hydrogens is 661 g/mol. The van der Waals surface area contributed by atoms with Crippen LogP contribution in [0, 0.1) is 0 Å². The lowest BCUT2D eigenvalue weighted by atomic mass is 10.00. The van der Waals surface area contributed by atoms with Gasteiger partial charge < -0.3 is 0 Å². The van der Waals surface area contributed by atoms with Crippen molar-refractivity contribution >= 4 is 0 Å². The Hall–Kier alpha value is -7.44. The molecule has 9 aromatic rings. The van der Waals surface area contributed by atoms with E-state index in [-0.39, 0.29) is 0 Å². The van der Waals surface area contributed by atoms with Crippen molar-refractivity contribution < 1.29 is 0 Å². The molecule has 0 atom stereocenters. The number of hydrogen-bond donors (Lipinski definition) is 0. The summed E-state index contributed by atoms with van der Waals surface area (Å²) in [6.07, 6.45) is 1.79. The molecule has 5 aromatic carbocycles. The van der Waals surface area contributed by atoms with E-state index >= 15 is 0 Å². The van der Waals surface area contributed by atoms with Crippen LogP contribution in [0.3, 0.4) is 0 Å². The molecule has 0 N–H and O–H groups in total. The second-order valence-corrected chi connectivity index (χ2v) is 12.8. The van der Waals surface area contributed by atoms with Gasteiger partial charge in [-0.2, -0.15) is 0 Å². The highest BCUT2D eigenvalue weighted by Crippen LogP contribution is 2.32. The maximum Gasteiger partial charge on any atom is 0.164 e. The summed E-state index contributed by atoms with van der Waals surface area (Å²) in [5.41, 5.74) is 12.2. The third-order valence-corrected chi connectivity index (χ3v) is 9.21. The SMILES string of the molecule is c1ccc(-c2cc(-c3ccccn3)nc(-c3cccc(-c4cccc(-c5ccc(-c6nc(-c7ccccc7)nc(-c7ccccc7)n6)cc5)c4)n3)c2)cc1. The van der Waals surface area contributed by atoms with E-state index < -0.39 is 0 Å². The van der Waals surface area contributed by atoms with Crippen LogP contribution in [0.5, 0.6) is 0 Å². The van der Waals surface area contributed by atoms with Gasteiger partial charge in [0, 0.05) is 28.5 Å². The van der Waals surface area contributed by atoms with Gasteiger partial charge in [0.1, 0.15) is 0 Å². The van der Waals surface area contributed by atoms with E-state index in [1.165, 1.54) is 0 Å². The fourth-order valence-electron chi connectivity index (χ4n) is 6.45. The number of aromatic nitrogens is 6. The Bertz CT molecular complexity index is 2570. The number of benzene rings is 5. The summed E-state index contributed by atoms with van der Waals surface area (Å²) in [4.78, 5) is 29.4. The fraction of sp³-hybridized carbons (Fsp3) is 0. The van der Waals surface area contributed by atoms with Crippen LogP contribution in [0.2, 0.25) is 0 Å². The molecule has 4 heterocycles. The summed E-state index contributed by atoms with van der Waals surface area (Å²) < 4.78 is 0. The predicted molar refractivity (Wildman–Crippen MR) is 217 cm³/mol. The normalized spacial score (nSPS) is 11.0. The van der Waals surface area contributed by atoms with Crippen molar-refractivity contribution in [2.45, 2.75) is 0 Å². The van der Waals surface area contributed by atoms with Crippen LogP contribution in [0.1, 0.15) is 0 Å². The quantitative estimate of drug-likeness (QED) is 0.158. The summed E-state index contributed by atoms with van der Waals surface area (Å²) in [5.74, 6) is 1.90. The van der Waals surface area contributed by atoms with E-state index in [0.29, 0.717) is 17.5 Å². The second-order valence-electron chi connectivity index (χ2n) is 12.8. The number of nitrogens with zero attached hydrogens (tertiary/aromatic N) is 6. The van der Waals surface area contributed by atoms with E-state index in [1.54, 1.807) is 6.20 Å². The molecule has 0 amide bonds. The maximum absolute atomic E-state index is 5.13. The molecule has 6 heteroatoms.